The molecule has 2 nitrogen and oxygen atoms in total. The monoisotopic (exact) mass is 368 g/mol. The maximum absolute atomic E-state index is 5.87. The average molecular weight is 370 g/mol. The minimum Gasteiger partial charge on any atom is -0.399 e. The molecule has 0 aliphatic rings. The lowest BCUT2D eigenvalue weighted by Gasteiger charge is -2.07. The Balaban J connectivity index is 2.11. The standard InChI is InChI=1S/C14H14Br2N2/c15-12-7-10(8-13(16)14(12)18)5-4-9-2-1-3-11(17)6-9/h1-3,6-8H,4-5,17-18H2. The van der Waals surface area contributed by atoms with E-state index in [1.165, 1.54) is 11.1 Å². The smallest absolute Gasteiger partial charge is 0.0603 e. The summed E-state index contributed by atoms with van der Waals surface area (Å²) in [4.78, 5) is 0. The lowest BCUT2D eigenvalue weighted by atomic mass is 10.0. The van der Waals surface area contributed by atoms with Gasteiger partial charge in [0.05, 0.1) is 5.69 Å². The molecule has 4 heteroatoms. The van der Waals surface area contributed by atoms with Crippen molar-refractivity contribution in [2.75, 3.05) is 11.5 Å². The minimum absolute atomic E-state index is 0.739. The van der Waals surface area contributed by atoms with Crippen LogP contribution in [0.3, 0.4) is 0 Å². The molecule has 2 aromatic carbocycles. The van der Waals surface area contributed by atoms with Crippen molar-refractivity contribution < 1.29 is 0 Å². The molecule has 0 radical (unpaired) electrons. The topological polar surface area (TPSA) is 52.0 Å². The Morgan fingerprint density at radius 1 is 0.833 bits per heavy atom. The van der Waals surface area contributed by atoms with Crippen LogP contribution in [0.5, 0.6) is 0 Å². The molecule has 2 rings (SSSR count). The van der Waals surface area contributed by atoms with Crippen molar-refractivity contribution in [3.63, 3.8) is 0 Å². The summed E-state index contributed by atoms with van der Waals surface area (Å²) in [6.45, 7) is 0. The Hall–Kier alpha value is -1.00. The molecule has 4 N–H and O–H groups in total. The predicted octanol–water partition coefficient (Wildman–Crippen LogP) is 4.16. The highest BCUT2D eigenvalue weighted by atomic mass is 79.9. The number of nitrogen functional groups attached to an aromatic ring is 2. The number of hydrogen-bond acceptors (Lipinski definition) is 2. The molecule has 0 saturated carbocycles. The number of aryl methyl sites for hydroxylation is 2. The zero-order chi connectivity index (χ0) is 13.1. The van der Waals surface area contributed by atoms with Crippen molar-refractivity contribution in [3.8, 4) is 0 Å². The number of anilines is 2. The van der Waals surface area contributed by atoms with Crippen LogP contribution in [0.15, 0.2) is 45.3 Å². The first kappa shape index (κ1) is 13.4. The summed E-state index contributed by atoms with van der Waals surface area (Å²) < 4.78 is 1.86. The molecule has 0 atom stereocenters. The number of halogens is 2. The molecule has 0 heterocycles. The molecule has 0 amide bonds. The fraction of sp³-hybridized carbons (Fsp3) is 0.143. The first-order valence-corrected chi connectivity index (χ1v) is 7.22. The quantitative estimate of drug-likeness (QED) is 0.798. The van der Waals surface area contributed by atoms with Crippen LogP contribution in [0.1, 0.15) is 11.1 Å². The van der Waals surface area contributed by atoms with Gasteiger partial charge in [0.25, 0.3) is 0 Å². The molecule has 2 aromatic rings. The molecular formula is C14H14Br2N2. The first-order chi connectivity index (χ1) is 8.56. The summed E-state index contributed by atoms with van der Waals surface area (Å²) in [5.41, 5.74) is 15.7. The summed E-state index contributed by atoms with van der Waals surface area (Å²) in [5.74, 6) is 0. The SMILES string of the molecule is Nc1cccc(CCc2cc(Br)c(N)c(Br)c2)c1. The molecule has 0 saturated heterocycles. The van der Waals surface area contributed by atoms with E-state index in [0.717, 1.165) is 33.2 Å². The van der Waals surface area contributed by atoms with E-state index in [1.54, 1.807) is 0 Å². The van der Waals surface area contributed by atoms with Crippen molar-refractivity contribution in [2.24, 2.45) is 0 Å². The third-order valence-corrected chi connectivity index (χ3v) is 4.10. The Morgan fingerprint density at radius 2 is 1.44 bits per heavy atom. The summed E-state index contributed by atoms with van der Waals surface area (Å²) in [5, 5.41) is 0. The van der Waals surface area contributed by atoms with E-state index in [2.05, 4.69) is 50.1 Å². The highest BCUT2D eigenvalue weighted by Gasteiger charge is 2.04. The van der Waals surface area contributed by atoms with Crippen LogP contribution in [-0.4, -0.2) is 0 Å². The molecule has 0 fully saturated rings. The van der Waals surface area contributed by atoms with Crippen molar-refractivity contribution in [1.82, 2.24) is 0 Å². The zero-order valence-electron chi connectivity index (χ0n) is 9.79. The van der Waals surface area contributed by atoms with Gasteiger partial charge in [0.2, 0.25) is 0 Å². The fourth-order valence-corrected chi connectivity index (χ4v) is 3.10. The third-order valence-electron chi connectivity index (χ3n) is 2.79. The van der Waals surface area contributed by atoms with Crippen molar-refractivity contribution in [2.45, 2.75) is 12.8 Å². The van der Waals surface area contributed by atoms with Gasteiger partial charge in [-0.3, -0.25) is 0 Å². The normalized spacial score (nSPS) is 10.6. The van der Waals surface area contributed by atoms with Gasteiger partial charge in [0, 0.05) is 14.6 Å². The minimum atomic E-state index is 0.739. The Bertz CT molecular complexity index is 544. The van der Waals surface area contributed by atoms with E-state index in [0.29, 0.717) is 0 Å². The third kappa shape index (κ3) is 3.27. The van der Waals surface area contributed by atoms with Crippen LogP contribution < -0.4 is 11.5 Å². The summed E-state index contributed by atoms with van der Waals surface area (Å²) >= 11 is 6.92. The van der Waals surface area contributed by atoms with Crippen molar-refractivity contribution >= 4 is 43.2 Å². The van der Waals surface area contributed by atoms with Gasteiger partial charge >= 0.3 is 0 Å². The van der Waals surface area contributed by atoms with Gasteiger partial charge in [-0.25, -0.2) is 0 Å². The lowest BCUT2D eigenvalue weighted by Crippen LogP contribution is -1.95. The maximum Gasteiger partial charge on any atom is 0.0603 e. The largest absolute Gasteiger partial charge is 0.399 e. The van der Waals surface area contributed by atoms with Crippen LogP contribution in [0.25, 0.3) is 0 Å². The van der Waals surface area contributed by atoms with E-state index in [-0.39, 0.29) is 0 Å². The Morgan fingerprint density at radius 3 is 2.06 bits per heavy atom. The molecule has 0 bridgehead atoms. The molecule has 0 aliphatic carbocycles. The second kappa shape index (κ2) is 5.76. The highest BCUT2D eigenvalue weighted by Crippen LogP contribution is 2.30. The lowest BCUT2D eigenvalue weighted by molar-refractivity contribution is 0.959. The van der Waals surface area contributed by atoms with Crippen molar-refractivity contribution in [1.29, 1.82) is 0 Å². The predicted molar refractivity (Wildman–Crippen MR) is 84.5 cm³/mol. The van der Waals surface area contributed by atoms with Crippen molar-refractivity contribution in [3.05, 3.63) is 56.5 Å². The molecule has 0 aromatic heterocycles. The molecule has 0 unspecified atom stereocenters. The van der Waals surface area contributed by atoms with E-state index < -0.39 is 0 Å². The van der Waals surface area contributed by atoms with E-state index in [1.807, 2.05) is 18.2 Å². The van der Waals surface area contributed by atoms with Gasteiger partial charge in [0.1, 0.15) is 0 Å². The Kier molecular flexibility index (Phi) is 4.30. The van der Waals surface area contributed by atoms with Crippen LogP contribution in [-0.2, 0) is 12.8 Å². The van der Waals surface area contributed by atoms with Crippen LogP contribution in [0.2, 0.25) is 0 Å². The van der Waals surface area contributed by atoms with Gasteiger partial charge in [-0.15, -0.1) is 0 Å². The van der Waals surface area contributed by atoms with E-state index in [9.17, 15) is 0 Å². The summed E-state index contributed by atoms with van der Waals surface area (Å²) in [6.07, 6.45) is 1.93. The van der Waals surface area contributed by atoms with Gasteiger partial charge in [0.15, 0.2) is 0 Å². The van der Waals surface area contributed by atoms with Gasteiger partial charge < -0.3 is 11.5 Å². The van der Waals surface area contributed by atoms with Crippen LogP contribution >= 0.6 is 31.9 Å². The second-order valence-electron chi connectivity index (χ2n) is 4.22. The maximum atomic E-state index is 5.87. The highest BCUT2D eigenvalue weighted by molar-refractivity contribution is 9.11. The van der Waals surface area contributed by atoms with Crippen LogP contribution in [0, 0.1) is 0 Å². The number of hydrogen-bond donors (Lipinski definition) is 2. The molecule has 0 aliphatic heterocycles. The summed E-state index contributed by atoms with van der Waals surface area (Å²) in [6, 6.07) is 12.1. The molecular weight excluding hydrogens is 356 g/mol. The summed E-state index contributed by atoms with van der Waals surface area (Å²) in [7, 11) is 0. The van der Waals surface area contributed by atoms with Gasteiger partial charge in [-0.1, -0.05) is 12.1 Å². The molecule has 94 valence electrons. The van der Waals surface area contributed by atoms with E-state index >= 15 is 0 Å². The van der Waals surface area contributed by atoms with E-state index in [4.69, 9.17) is 11.5 Å². The van der Waals surface area contributed by atoms with Crippen LogP contribution in [0.4, 0.5) is 11.4 Å². The number of benzene rings is 2. The zero-order valence-corrected chi connectivity index (χ0v) is 13.0. The first-order valence-electron chi connectivity index (χ1n) is 5.64. The molecule has 18 heavy (non-hydrogen) atoms. The fourth-order valence-electron chi connectivity index (χ4n) is 1.82. The van der Waals surface area contributed by atoms with Gasteiger partial charge in [-0.05, 0) is 80.1 Å². The second-order valence-corrected chi connectivity index (χ2v) is 5.93. The number of nitrogens with two attached hydrogens (primary N) is 2. The molecule has 0 spiro atoms. The number of rotatable bonds is 3. The van der Waals surface area contributed by atoms with Gasteiger partial charge in [-0.2, -0.15) is 0 Å². The average Bonchev–Trinajstić information content (AvgIpc) is 2.33. The Labute approximate surface area is 124 Å².